The van der Waals surface area contributed by atoms with Crippen molar-refractivity contribution >= 4 is 23.6 Å². The predicted molar refractivity (Wildman–Crippen MR) is 70.9 cm³/mol. The maximum absolute atomic E-state index is 11.9. The Morgan fingerprint density at radius 3 is 2.67 bits per heavy atom. The van der Waals surface area contributed by atoms with Crippen molar-refractivity contribution in [2.75, 3.05) is 11.1 Å². The summed E-state index contributed by atoms with van der Waals surface area (Å²) in [4.78, 5) is 15.8. The Balaban J connectivity index is 2.28. The SMILES string of the molecule is N=Cc1c(NC(=O)c2ccccc2)ccnc1N. The second-order valence-corrected chi connectivity index (χ2v) is 3.62. The number of rotatable bonds is 3. The number of carbonyl (C=O) groups is 1. The molecular formula is C13H12N4O. The molecule has 0 aliphatic carbocycles. The Morgan fingerprint density at radius 2 is 2.00 bits per heavy atom. The number of anilines is 2. The Labute approximate surface area is 104 Å². The van der Waals surface area contributed by atoms with Gasteiger partial charge in [-0.15, -0.1) is 0 Å². The molecule has 0 fully saturated rings. The summed E-state index contributed by atoms with van der Waals surface area (Å²) in [5, 5.41) is 9.99. The van der Waals surface area contributed by atoms with Gasteiger partial charge in [0.15, 0.2) is 0 Å². The Morgan fingerprint density at radius 1 is 1.28 bits per heavy atom. The molecule has 0 saturated heterocycles. The van der Waals surface area contributed by atoms with E-state index in [1.54, 1.807) is 30.3 Å². The van der Waals surface area contributed by atoms with E-state index in [4.69, 9.17) is 11.1 Å². The number of nitrogens with two attached hydrogens (primary N) is 1. The average molecular weight is 240 g/mol. The first-order valence-electron chi connectivity index (χ1n) is 5.33. The molecule has 0 aliphatic heterocycles. The van der Waals surface area contributed by atoms with E-state index in [0.717, 1.165) is 6.21 Å². The number of benzene rings is 1. The predicted octanol–water partition coefficient (Wildman–Crippen LogP) is 1.91. The molecule has 0 saturated carbocycles. The van der Waals surface area contributed by atoms with E-state index in [-0.39, 0.29) is 11.7 Å². The number of nitrogen functional groups attached to an aromatic ring is 1. The normalized spacial score (nSPS) is 9.78. The maximum atomic E-state index is 11.9. The van der Waals surface area contributed by atoms with Crippen LogP contribution in [0.15, 0.2) is 42.6 Å². The fraction of sp³-hybridized carbons (Fsp3) is 0. The van der Waals surface area contributed by atoms with Gasteiger partial charge in [-0.2, -0.15) is 0 Å². The van der Waals surface area contributed by atoms with Gasteiger partial charge in [0, 0.05) is 18.0 Å². The van der Waals surface area contributed by atoms with E-state index in [9.17, 15) is 4.79 Å². The number of aromatic nitrogens is 1. The Hall–Kier alpha value is -2.69. The van der Waals surface area contributed by atoms with E-state index in [2.05, 4.69) is 10.3 Å². The zero-order valence-electron chi connectivity index (χ0n) is 9.55. The van der Waals surface area contributed by atoms with E-state index in [0.29, 0.717) is 16.8 Å². The average Bonchev–Trinajstić information content (AvgIpc) is 2.40. The van der Waals surface area contributed by atoms with Crippen molar-refractivity contribution in [3.63, 3.8) is 0 Å². The van der Waals surface area contributed by atoms with Crippen LogP contribution in [0.25, 0.3) is 0 Å². The highest BCUT2D eigenvalue weighted by Crippen LogP contribution is 2.18. The van der Waals surface area contributed by atoms with Crippen LogP contribution in [0, 0.1) is 5.41 Å². The maximum Gasteiger partial charge on any atom is 0.255 e. The van der Waals surface area contributed by atoms with Crippen molar-refractivity contribution in [1.29, 1.82) is 5.41 Å². The summed E-state index contributed by atoms with van der Waals surface area (Å²) in [5.74, 6) is -0.0276. The topological polar surface area (TPSA) is 91.9 Å². The number of hydrogen-bond acceptors (Lipinski definition) is 4. The minimum absolute atomic E-state index is 0.218. The quantitative estimate of drug-likeness (QED) is 0.715. The molecule has 0 bridgehead atoms. The van der Waals surface area contributed by atoms with Crippen LogP contribution in [-0.2, 0) is 0 Å². The van der Waals surface area contributed by atoms with E-state index >= 15 is 0 Å². The molecule has 18 heavy (non-hydrogen) atoms. The van der Waals surface area contributed by atoms with Crippen LogP contribution >= 0.6 is 0 Å². The molecule has 4 N–H and O–H groups in total. The minimum Gasteiger partial charge on any atom is -0.383 e. The number of hydrogen-bond donors (Lipinski definition) is 3. The Kier molecular flexibility index (Phi) is 3.33. The second-order valence-electron chi connectivity index (χ2n) is 3.62. The molecule has 0 radical (unpaired) electrons. The van der Waals surface area contributed by atoms with Gasteiger partial charge in [0.05, 0.1) is 11.3 Å². The lowest BCUT2D eigenvalue weighted by Crippen LogP contribution is -2.14. The molecule has 5 nitrogen and oxygen atoms in total. The van der Waals surface area contributed by atoms with Crippen LogP contribution < -0.4 is 11.1 Å². The highest BCUT2D eigenvalue weighted by atomic mass is 16.1. The standard InChI is InChI=1S/C13H12N4O/c14-8-10-11(6-7-16-12(10)15)17-13(18)9-4-2-1-3-5-9/h1-8,14H,(H3,15,16,17,18). The van der Waals surface area contributed by atoms with Crippen molar-refractivity contribution in [2.24, 2.45) is 0 Å². The van der Waals surface area contributed by atoms with Crippen LogP contribution in [0.4, 0.5) is 11.5 Å². The molecular weight excluding hydrogens is 228 g/mol. The van der Waals surface area contributed by atoms with Gasteiger partial charge in [-0.1, -0.05) is 18.2 Å². The summed E-state index contributed by atoms with van der Waals surface area (Å²) in [5.41, 5.74) is 7.06. The van der Waals surface area contributed by atoms with Crippen LogP contribution in [0.5, 0.6) is 0 Å². The molecule has 2 aromatic rings. The minimum atomic E-state index is -0.246. The van der Waals surface area contributed by atoms with Crippen LogP contribution in [0.1, 0.15) is 15.9 Å². The molecule has 2 rings (SSSR count). The van der Waals surface area contributed by atoms with E-state index in [1.165, 1.54) is 6.20 Å². The van der Waals surface area contributed by atoms with E-state index < -0.39 is 0 Å². The van der Waals surface area contributed by atoms with Crippen molar-refractivity contribution in [3.05, 3.63) is 53.7 Å². The van der Waals surface area contributed by atoms with Gasteiger partial charge < -0.3 is 16.5 Å². The van der Waals surface area contributed by atoms with Gasteiger partial charge >= 0.3 is 0 Å². The van der Waals surface area contributed by atoms with Gasteiger partial charge in [-0.05, 0) is 18.2 Å². The summed E-state index contributed by atoms with van der Waals surface area (Å²) in [6, 6.07) is 10.4. The summed E-state index contributed by atoms with van der Waals surface area (Å²) < 4.78 is 0. The molecule has 0 atom stereocenters. The van der Waals surface area contributed by atoms with Crippen molar-refractivity contribution in [3.8, 4) is 0 Å². The zero-order valence-corrected chi connectivity index (χ0v) is 9.55. The lowest BCUT2D eigenvalue weighted by atomic mass is 10.2. The highest BCUT2D eigenvalue weighted by Gasteiger charge is 2.09. The number of nitrogens with one attached hydrogen (secondary N) is 2. The van der Waals surface area contributed by atoms with Crippen LogP contribution in [-0.4, -0.2) is 17.1 Å². The van der Waals surface area contributed by atoms with Gasteiger partial charge in [-0.25, -0.2) is 4.98 Å². The third-order valence-electron chi connectivity index (χ3n) is 2.45. The molecule has 1 aromatic heterocycles. The third-order valence-corrected chi connectivity index (χ3v) is 2.45. The van der Waals surface area contributed by atoms with Gasteiger partial charge in [0.2, 0.25) is 0 Å². The summed E-state index contributed by atoms with van der Waals surface area (Å²) >= 11 is 0. The lowest BCUT2D eigenvalue weighted by molar-refractivity contribution is 0.102. The molecule has 0 aliphatic rings. The van der Waals surface area contributed by atoms with Crippen molar-refractivity contribution in [2.45, 2.75) is 0 Å². The second kappa shape index (κ2) is 5.09. The smallest absolute Gasteiger partial charge is 0.255 e. The van der Waals surface area contributed by atoms with Crippen LogP contribution in [0.3, 0.4) is 0 Å². The summed E-state index contributed by atoms with van der Waals surface area (Å²) in [7, 11) is 0. The first-order valence-corrected chi connectivity index (χ1v) is 5.33. The van der Waals surface area contributed by atoms with Gasteiger partial charge in [0.1, 0.15) is 5.82 Å². The Bertz CT molecular complexity index is 581. The summed E-state index contributed by atoms with van der Waals surface area (Å²) in [6.45, 7) is 0. The molecule has 90 valence electrons. The van der Waals surface area contributed by atoms with Crippen LogP contribution in [0.2, 0.25) is 0 Å². The van der Waals surface area contributed by atoms with Gasteiger partial charge in [-0.3, -0.25) is 4.79 Å². The number of nitrogens with zero attached hydrogens (tertiary/aromatic N) is 1. The summed E-state index contributed by atoms with van der Waals surface area (Å²) in [6.07, 6.45) is 2.56. The first kappa shape index (κ1) is 11.8. The van der Waals surface area contributed by atoms with Crippen molar-refractivity contribution in [1.82, 2.24) is 4.98 Å². The number of carbonyl (C=O) groups excluding carboxylic acids is 1. The number of pyridine rings is 1. The number of amides is 1. The van der Waals surface area contributed by atoms with E-state index in [1.807, 2.05) is 6.07 Å². The molecule has 1 amide bonds. The van der Waals surface area contributed by atoms with Crippen molar-refractivity contribution < 1.29 is 4.79 Å². The lowest BCUT2D eigenvalue weighted by Gasteiger charge is -2.09. The highest BCUT2D eigenvalue weighted by molar-refractivity contribution is 6.07. The zero-order chi connectivity index (χ0) is 13.0. The van der Waals surface area contributed by atoms with Gasteiger partial charge in [0.25, 0.3) is 5.91 Å². The molecule has 1 aromatic carbocycles. The molecule has 0 spiro atoms. The fourth-order valence-corrected chi connectivity index (χ4v) is 1.53. The fourth-order valence-electron chi connectivity index (χ4n) is 1.53. The third kappa shape index (κ3) is 2.35. The first-order chi connectivity index (χ1) is 8.72. The molecule has 1 heterocycles. The largest absolute Gasteiger partial charge is 0.383 e. The molecule has 0 unspecified atom stereocenters. The molecule has 5 heteroatoms. The monoisotopic (exact) mass is 240 g/mol.